The van der Waals surface area contributed by atoms with Crippen LogP contribution in [0, 0.1) is 5.41 Å². The zero-order valence-corrected chi connectivity index (χ0v) is 15.3. The molecule has 2 aromatic heterocycles. The number of nitrogens with two attached hydrogens (primary N) is 1. The number of pyridine rings is 1. The van der Waals surface area contributed by atoms with Crippen molar-refractivity contribution in [1.82, 2.24) is 15.0 Å². The minimum atomic E-state index is -0.837. The van der Waals surface area contributed by atoms with Gasteiger partial charge < -0.3 is 21.2 Å². The summed E-state index contributed by atoms with van der Waals surface area (Å²) in [5.41, 5.74) is 6.75. The van der Waals surface area contributed by atoms with Crippen molar-refractivity contribution in [3.63, 3.8) is 0 Å². The molecule has 2 aliphatic rings. The van der Waals surface area contributed by atoms with E-state index in [2.05, 4.69) is 15.3 Å². The number of hydrogen-bond donors (Lipinski definition) is 3. The number of fused-ring (bicyclic) bond motifs is 3. The molecule has 0 aliphatic carbocycles. The molecule has 28 heavy (non-hydrogen) atoms. The number of amides is 2. The van der Waals surface area contributed by atoms with Crippen molar-refractivity contribution in [2.75, 3.05) is 24.6 Å². The van der Waals surface area contributed by atoms with E-state index in [9.17, 15) is 14.7 Å². The normalized spacial score (nSPS) is 25.0. The van der Waals surface area contributed by atoms with Crippen LogP contribution in [-0.4, -0.2) is 52.3 Å². The molecule has 2 amide bonds. The number of nitrogens with zero attached hydrogens (tertiary/aromatic N) is 3. The summed E-state index contributed by atoms with van der Waals surface area (Å²) in [6, 6.07) is 7.84. The van der Waals surface area contributed by atoms with Crippen molar-refractivity contribution < 1.29 is 14.7 Å². The zero-order chi connectivity index (χ0) is 19.5. The second-order valence-electron chi connectivity index (χ2n) is 7.65. The van der Waals surface area contributed by atoms with Crippen LogP contribution in [0.1, 0.15) is 23.2 Å². The van der Waals surface area contributed by atoms with Gasteiger partial charge in [-0.3, -0.25) is 19.2 Å². The molecule has 0 unspecified atom stereocenters. The van der Waals surface area contributed by atoms with E-state index < -0.39 is 17.4 Å². The number of benzene rings is 1. The van der Waals surface area contributed by atoms with Crippen LogP contribution in [-0.2, 0) is 4.79 Å². The quantitative estimate of drug-likeness (QED) is 0.600. The van der Waals surface area contributed by atoms with E-state index in [1.54, 1.807) is 6.20 Å². The Balaban J connectivity index is 1.76. The molecule has 8 nitrogen and oxygen atoms in total. The van der Waals surface area contributed by atoms with Gasteiger partial charge in [0.2, 0.25) is 5.91 Å². The standard InChI is InChI=1S/C20H21N5O3/c21-18(27)14-9-22-8-13-12-4-1-2-5-15(12)25(17(13)14)24-7-3-6-20(11-24)16(26)10-23-19(20)28/h1-2,4-5,8-9,16,26H,3,6-7,10-11H2,(H2,21,27)(H,23,28)/t16-,20+/m1/s1. The summed E-state index contributed by atoms with van der Waals surface area (Å²) in [6.07, 6.45) is 3.88. The Morgan fingerprint density at radius 3 is 2.86 bits per heavy atom. The molecule has 0 bridgehead atoms. The van der Waals surface area contributed by atoms with Gasteiger partial charge in [-0.15, -0.1) is 0 Å². The van der Waals surface area contributed by atoms with E-state index >= 15 is 0 Å². The lowest BCUT2D eigenvalue weighted by molar-refractivity contribution is -0.131. The van der Waals surface area contributed by atoms with Crippen molar-refractivity contribution in [2.45, 2.75) is 18.9 Å². The van der Waals surface area contributed by atoms with Crippen molar-refractivity contribution in [1.29, 1.82) is 0 Å². The summed E-state index contributed by atoms with van der Waals surface area (Å²) in [6.45, 7) is 1.35. The fourth-order valence-electron chi connectivity index (χ4n) is 4.76. The summed E-state index contributed by atoms with van der Waals surface area (Å²) < 4.78 is 1.98. The molecule has 8 heteroatoms. The third kappa shape index (κ3) is 2.18. The van der Waals surface area contributed by atoms with E-state index in [0.717, 1.165) is 22.7 Å². The Morgan fingerprint density at radius 2 is 2.11 bits per heavy atom. The van der Waals surface area contributed by atoms with Gasteiger partial charge >= 0.3 is 0 Å². The summed E-state index contributed by atoms with van der Waals surface area (Å²) in [5, 5.41) is 17.2. The molecule has 1 spiro atoms. The average molecular weight is 379 g/mol. The van der Waals surface area contributed by atoms with Crippen molar-refractivity contribution in [3.05, 3.63) is 42.2 Å². The molecule has 4 heterocycles. The predicted molar refractivity (Wildman–Crippen MR) is 104 cm³/mol. The Kier molecular flexibility index (Phi) is 3.60. The van der Waals surface area contributed by atoms with E-state index in [0.29, 0.717) is 30.6 Å². The van der Waals surface area contributed by atoms with Crippen LogP contribution in [0.15, 0.2) is 36.7 Å². The van der Waals surface area contributed by atoms with Gasteiger partial charge in [-0.05, 0) is 18.9 Å². The first-order valence-corrected chi connectivity index (χ1v) is 9.41. The number of para-hydroxylation sites is 1. The summed E-state index contributed by atoms with van der Waals surface area (Å²) in [7, 11) is 0. The number of aromatic nitrogens is 2. The third-order valence-electron chi connectivity index (χ3n) is 6.15. The Bertz CT molecular complexity index is 1120. The number of carbonyl (C=O) groups excluding carboxylic acids is 2. The monoisotopic (exact) mass is 379 g/mol. The number of aliphatic hydroxyl groups excluding tert-OH is 1. The van der Waals surface area contributed by atoms with Crippen LogP contribution < -0.4 is 16.1 Å². The molecule has 2 fully saturated rings. The zero-order valence-electron chi connectivity index (χ0n) is 15.3. The maximum atomic E-state index is 12.6. The number of aliphatic hydroxyl groups is 1. The van der Waals surface area contributed by atoms with Crippen LogP contribution in [0.3, 0.4) is 0 Å². The van der Waals surface area contributed by atoms with Gasteiger partial charge in [0.25, 0.3) is 5.91 Å². The highest BCUT2D eigenvalue weighted by Crippen LogP contribution is 2.38. The van der Waals surface area contributed by atoms with Crippen LogP contribution in [0.4, 0.5) is 0 Å². The fraction of sp³-hybridized carbons (Fsp3) is 0.350. The minimum Gasteiger partial charge on any atom is -0.390 e. The molecule has 2 atom stereocenters. The molecule has 3 aromatic rings. The topological polar surface area (TPSA) is 113 Å². The summed E-state index contributed by atoms with van der Waals surface area (Å²) >= 11 is 0. The number of primary amides is 1. The lowest BCUT2D eigenvalue weighted by Gasteiger charge is -2.42. The highest BCUT2D eigenvalue weighted by molar-refractivity contribution is 6.15. The van der Waals surface area contributed by atoms with E-state index in [1.807, 2.05) is 28.9 Å². The van der Waals surface area contributed by atoms with E-state index in [1.165, 1.54) is 6.20 Å². The first-order chi connectivity index (χ1) is 13.5. The number of β-amino-alcohol motifs (C(OH)–C–C–N with tert-alkyl or cyclic N) is 1. The smallest absolute Gasteiger partial charge is 0.252 e. The lowest BCUT2D eigenvalue weighted by Crippen LogP contribution is -2.55. The Hall–Kier alpha value is -3.13. The molecule has 2 aliphatic heterocycles. The number of piperidine rings is 1. The highest BCUT2D eigenvalue weighted by Gasteiger charge is 2.52. The molecular weight excluding hydrogens is 358 g/mol. The highest BCUT2D eigenvalue weighted by atomic mass is 16.3. The van der Waals surface area contributed by atoms with E-state index in [4.69, 9.17) is 5.73 Å². The van der Waals surface area contributed by atoms with Gasteiger partial charge in [0.1, 0.15) is 0 Å². The fourth-order valence-corrected chi connectivity index (χ4v) is 4.76. The largest absolute Gasteiger partial charge is 0.390 e. The molecule has 5 rings (SSSR count). The van der Waals surface area contributed by atoms with Gasteiger partial charge in [0.15, 0.2) is 0 Å². The maximum Gasteiger partial charge on any atom is 0.252 e. The Morgan fingerprint density at radius 1 is 1.29 bits per heavy atom. The average Bonchev–Trinajstić information content (AvgIpc) is 3.18. The van der Waals surface area contributed by atoms with Crippen LogP contribution in [0.2, 0.25) is 0 Å². The van der Waals surface area contributed by atoms with Gasteiger partial charge in [0.05, 0.1) is 34.7 Å². The molecular formula is C20H21N5O3. The number of hydrogen-bond acceptors (Lipinski definition) is 5. The van der Waals surface area contributed by atoms with E-state index in [-0.39, 0.29) is 12.5 Å². The van der Waals surface area contributed by atoms with Gasteiger partial charge in [-0.2, -0.15) is 0 Å². The lowest BCUT2D eigenvalue weighted by atomic mass is 9.77. The molecule has 0 saturated carbocycles. The molecule has 1 aromatic carbocycles. The number of rotatable bonds is 2. The summed E-state index contributed by atoms with van der Waals surface area (Å²) in [5.74, 6) is -0.658. The van der Waals surface area contributed by atoms with Crippen LogP contribution in [0.25, 0.3) is 21.8 Å². The molecule has 0 radical (unpaired) electrons. The maximum absolute atomic E-state index is 12.6. The van der Waals surface area contributed by atoms with Crippen LogP contribution >= 0.6 is 0 Å². The second kappa shape index (κ2) is 5.93. The van der Waals surface area contributed by atoms with Gasteiger partial charge in [-0.25, -0.2) is 0 Å². The first-order valence-electron chi connectivity index (χ1n) is 9.41. The van der Waals surface area contributed by atoms with Crippen molar-refractivity contribution >= 4 is 33.6 Å². The summed E-state index contributed by atoms with van der Waals surface area (Å²) in [4.78, 5) is 28.9. The number of carbonyl (C=O) groups is 2. The predicted octanol–water partition coefficient (Wildman–Crippen LogP) is 0.497. The molecule has 4 N–H and O–H groups in total. The third-order valence-corrected chi connectivity index (χ3v) is 6.15. The molecule has 144 valence electrons. The minimum absolute atomic E-state index is 0.109. The first kappa shape index (κ1) is 17.0. The van der Waals surface area contributed by atoms with Gasteiger partial charge in [-0.1, -0.05) is 18.2 Å². The van der Waals surface area contributed by atoms with Gasteiger partial charge in [0, 0.05) is 36.3 Å². The SMILES string of the molecule is NC(=O)c1cncc2c3ccccc3n(N3CCC[C@@]4(C3)C(=O)NC[C@H]4O)c12. The second-order valence-corrected chi connectivity index (χ2v) is 7.65. The molecule has 2 saturated heterocycles. The van der Waals surface area contributed by atoms with Crippen molar-refractivity contribution in [3.8, 4) is 0 Å². The Labute approximate surface area is 160 Å². The van der Waals surface area contributed by atoms with Crippen LogP contribution in [0.5, 0.6) is 0 Å². The number of nitrogens with one attached hydrogen (secondary N) is 1. The van der Waals surface area contributed by atoms with Crippen molar-refractivity contribution in [2.24, 2.45) is 11.1 Å².